The van der Waals surface area contributed by atoms with Crippen molar-refractivity contribution in [1.82, 2.24) is 10.2 Å². The number of piperidine rings is 1. The molecular formula is C18H27BrN2. The average molecular weight is 351 g/mol. The zero-order valence-corrected chi connectivity index (χ0v) is 14.7. The van der Waals surface area contributed by atoms with Crippen LogP contribution < -0.4 is 5.32 Å². The smallest absolute Gasteiger partial charge is 0.0355 e. The molecule has 1 aliphatic heterocycles. The van der Waals surface area contributed by atoms with E-state index in [0.717, 1.165) is 0 Å². The van der Waals surface area contributed by atoms with Crippen molar-refractivity contribution in [3.05, 3.63) is 33.8 Å². The van der Waals surface area contributed by atoms with E-state index in [1.807, 2.05) is 0 Å². The van der Waals surface area contributed by atoms with E-state index in [1.165, 1.54) is 62.6 Å². The van der Waals surface area contributed by atoms with Crippen LogP contribution in [0.25, 0.3) is 0 Å². The highest BCUT2D eigenvalue weighted by Gasteiger charge is 2.30. The summed E-state index contributed by atoms with van der Waals surface area (Å²) < 4.78 is 1.30. The van der Waals surface area contributed by atoms with Crippen molar-refractivity contribution in [2.45, 2.75) is 57.5 Å². The van der Waals surface area contributed by atoms with Crippen LogP contribution in [0.5, 0.6) is 0 Å². The second-order valence-corrected chi connectivity index (χ2v) is 7.36. The summed E-state index contributed by atoms with van der Waals surface area (Å²) >= 11 is 3.73. The standard InChI is InChI=1S/C18H27BrN2/c1-2-12-21(13-14-6-3-4-11-20-14)18-10-9-15-16(18)7-5-8-17(15)19/h5,7-8,14,18,20H,2-4,6,9-13H2,1H3. The molecule has 0 saturated carbocycles. The van der Waals surface area contributed by atoms with Gasteiger partial charge in [0.05, 0.1) is 0 Å². The van der Waals surface area contributed by atoms with Crippen LogP contribution in [0, 0.1) is 0 Å². The number of nitrogens with one attached hydrogen (secondary N) is 1. The van der Waals surface area contributed by atoms with Gasteiger partial charge in [-0.3, -0.25) is 4.90 Å². The van der Waals surface area contributed by atoms with Gasteiger partial charge in [0, 0.05) is 23.1 Å². The van der Waals surface area contributed by atoms with Crippen molar-refractivity contribution < 1.29 is 0 Å². The predicted molar refractivity (Wildman–Crippen MR) is 92.7 cm³/mol. The minimum Gasteiger partial charge on any atom is -0.313 e. The van der Waals surface area contributed by atoms with E-state index in [1.54, 1.807) is 11.1 Å². The molecule has 1 heterocycles. The van der Waals surface area contributed by atoms with Crippen molar-refractivity contribution in [3.63, 3.8) is 0 Å². The summed E-state index contributed by atoms with van der Waals surface area (Å²) in [6.45, 7) is 5.94. The first-order valence-corrected chi connectivity index (χ1v) is 9.33. The topological polar surface area (TPSA) is 15.3 Å². The molecule has 3 rings (SSSR count). The van der Waals surface area contributed by atoms with Gasteiger partial charge < -0.3 is 5.32 Å². The van der Waals surface area contributed by atoms with E-state index in [4.69, 9.17) is 0 Å². The van der Waals surface area contributed by atoms with Gasteiger partial charge in [0.2, 0.25) is 0 Å². The molecule has 2 nitrogen and oxygen atoms in total. The highest BCUT2D eigenvalue weighted by Crippen LogP contribution is 2.39. The maximum atomic E-state index is 3.73. The Morgan fingerprint density at radius 2 is 2.19 bits per heavy atom. The third kappa shape index (κ3) is 3.52. The van der Waals surface area contributed by atoms with Crippen LogP contribution >= 0.6 is 15.9 Å². The van der Waals surface area contributed by atoms with Gasteiger partial charge in [0.25, 0.3) is 0 Å². The number of nitrogens with zero attached hydrogens (tertiary/aromatic N) is 1. The molecule has 1 saturated heterocycles. The molecule has 3 heteroatoms. The summed E-state index contributed by atoms with van der Waals surface area (Å²) in [5.41, 5.74) is 3.11. The zero-order chi connectivity index (χ0) is 14.7. The molecule has 21 heavy (non-hydrogen) atoms. The molecule has 0 spiro atoms. The van der Waals surface area contributed by atoms with Gasteiger partial charge in [-0.1, -0.05) is 41.4 Å². The molecule has 0 amide bonds. The highest BCUT2D eigenvalue weighted by atomic mass is 79.9. The number of hydrogen-bond donors (Lipinski definition) is 1. The molecule has 116 valence electrons. The average Bonchev–Trinajstić information content (AvgIpc) is 2.93. The Bertz CT molecular complexity index is 468. The van der Waals surface area contributed by atoms with Gasteiger partial charge >= 0.3 is 0 Å². The summed E-state index contributed by atoms with van der Waals surface area (Å²) in [5, 5.41) is 3.72. The highest BCUT2D eigenvalue weighted by molar-refractivity contribution is 9.10. The van der Waals surface area contributed by atoms with Crippen LogP contribution in [0.3, 0.4) is 0 Å². The Balaban J connectivity index is 1.74. The van der Waals surface area contributed by atoms with E-state index in [2.05, 4.69) is 51.3 Å². The molecule has 2 unspecified atom stereocenters. The van der Waals surface area contributed by atoms with Crippen LogP contribution in [-0.4, -0.2) is 30.6 Å². The first-order chi connectivity index (χ1) is 10.3. The van der Waals surface area contributed by atoms with Crippen LogP contribution in [-0.2, 0) is 6.42 Å². The van der Waals surface area contributed by atoms with Crippen molar-refractivity contribution in [2.24, 2.45) is 0 Å². The van der Waals surface area contributed by atoms with E-state index < -0.39 is 0 Å². The number of fused-ring (bicyclic) bond motifs is 1. The maximum absolute atomic E-state index is 3.73. The number of hydrogen-bond acceptors (Lipinski definition) is 2. The lowest BCUT2D eigenvalue weighted by Crippen LogP contribution is -2.44. The molecule has 2 aliphatic rings. The van der Waals surface area contributed by atoms with Crippen LogP contribution in [0.2, 0.25) is 0 Å². The molecule has 1 aromatic carbocycles. The van der Waals surface area contributed by atoms with Crippen molar-refractivity contribution in [2.75, 3.05) is 19.6 Å². The second kappa shape index (κ2) is 7.26. The Kier molecular flexibility index (Phi) is 5.36. The van der Waals surface area contributed by atoms with Crippen molar-refractivity contribution in [3.8, 4) is 0 Å². The van der Waals surface area contributed by atoms with E-state index >= 15 is 0 Å². The lowest BCUT2D eigenvalue weighted by Gasteiger charge is -2.34. The van der Waals surface area contributed by atoms with Crippen LogP contribution in [0.4, 0.5) is 0 Å². The molecule has 2 atom stereocenters. The molecule has 1 aromatic rings. The molecule has 1 N–H and O–H groups in total. The summed E-state index contributed by atoms with van der Waals surface area (Å²) in [4.78, 5) is 2.74. The van der Waals surface area contributed by atoms with E-state index in [0.29, 0.717) is 12.1 Å². The third-order valence-electron chi connectivity index (χ3n) is 5.00. The van der Waals surface area contributed by atoms with Crippen molar-refractivity contribution in [1.29, 1.82) is 0 Å². The lowest BCUT2D eigenvalue weighted by atomic mass is 10.0. The van der Waals surface area contributed by atoms with Gasteiger partial charge in [0.15, 0.2) is 0 Å². The van der Waals surface area contributed by atoms with Gasteiger partial charge in [0.1, 0.15) is 0 Å². The second-order valence-electron chi connectivity index (χ2n) is 6.50. The quantitative estimate of drug-likeness (QED) is 0.851. The molecule has 0 radical (unpaired) electrons. The molecule has 1 fully saturated rings. The summed E-state index contributed by atoms with van der Waals surface area (Å²) in [6, 6.07) is 8.05. The van der Waals surface area contributed by atoms with Crippen molar-refractivity contribution >= 4 is 15.9 Å². The fourth-order valence-electron chi connectivity index (χ4n) is 3.99. The molecule has 0 aromatic heterocycles. The largest absolute Gasteiger partial charge is 0.313 e. The molecule has 1 aliphatic carbocycles. The van der Waals surface area contributed by atoms with Crippen LogP contribution in [0.15, 0.2) is 22.7 Å². The monoisotopic (exact) mass is 350 g/mol. The zero-order valence-electron chi connectivity index (χ0n) is 13.1. The lowest BCUT2D eigenvalue weighted by molar-refractivity contribution is 0.165. The third-order valence-corrected chi connectivity index (χ3v) is 5.74. The van der Waals surface area contributed by atoms with Gasteiger partial charge in [-0.15, -0.1) is 0 Å². The van der Waals surface area contributed by atoms with E-state index in [9.17, 15) is 0 Å². The van der Waals surface area contributed by atoms with Gasteiger partial charge in [-0.2, -0.15) is 0 Å². The summed E-state index contributed by atoms with van der Waals surface area (Å²) in [5.74, 6) is 0. The maximum Gasteiger partial charge on any atom is 0.0355 e. The van der Waals surface area contributed by atoms with Crippen LogP contribution in [0.1, 0.15) is 56.2 Å². The Morgan fingerprint density at radius 3 is 2.95 bits per heavy atom. The number of halogens is 1. The first-order valence-electron chi connectivity index (χ1n) is 8.54. The van der Waals surface area contributed by atoms with Gasteiger partial charge in [-0.05, 0) is 62.4 Å². The minimum atomic E-state index is 0.626. The normalized spacial score (nSPS) is 25.3. The molecular weight excluding hydrogens is 324 g/mol. The Hall–Kier alpha value is -0.380. The van der Waals surface area contributed by atoms with E-state index in [-0.39, 0.29) is 0 Å². The SMILES string of the molecule is CCCN(CC1CCCCN1)C1CCc2c(Br)cccc21. The Morgan fingerprint density at radius 1 is 1.29 bits per heavy atom. The summed E-state index contributed by atoms with van der Waals surface area (Å²) in [7, 11) is 0. The first kappa shape index (κ1) is 15.5. The Labute approximate surface area is 137 Å². The minimum absolute atomic E-state index is 0.626. The summed E-state index contributed by atoms with van der Waals surface area (Å²) in [6.07, 6.45) is 7.84. The predicted octanol–water partition coefficient (Wildman–Crippen LogP) is 4.29. The number of benzene rings is 1. The number of rotatable bonds is 5. The molecule has 0 bridgehead atoms. The fraction of sp³-hybridized carbons (Fsp3) is 0.667. The van der Waals surface area contributed by atoms with Gasteiger partial charge in [-0.25, -0.2) is 0 Å². The fourth-order valence-corrected chi connectivity index (χ4v) is 4.57.